The van der Waals surface area contributed by atoms with Crippen LogP contribution in [0.3, 0.4) is 0 Å². The van der Waals surface area contributed by atoms with Crippen LogP contribution >= 0.6 is 22.7 Å². The van der Waals surface area contributed by atoms with Gasteiger partial charge in [0.15, 0.2) is 4.80 Å². The molecule has 36 heavy (non-hydrogen) atoms. The number of thiazole rings is 1. The highest BCUT2D eigenvalue weighted by molar-refractivity contribution is 7.10. The van der Waals surface area contributed by atoms with Crippen LogP contribution in [0.2, 0.25) is 0 Å². The number of benzene rings is 1. The predicted molar refractivity (Wildman–Crippen MR) is 140 cm³/mol. The number of fused-ring (bicyclic) bond motifs is 1. The van der Waals surface area contributed by atoms with Gasteiger partial charge < -0.3 is 9.30 Å². The first-order valence-electron chi connectivity index (χ1n) is 11.5. The van der Waals surface area contributed by atoms with E-state index >= 15 is 0 Å². The standard InChI is InChI=1S/C27H24FN3O3S2/c1-5-34-26(33)23-16(3)29-27-31(24(23)21-7-6-12-35-21)25(32)22(36-27)14-18-13-15(2)30(17(18)4)20-10-8-19(28)9-11-20/h6-14,24H,5H2,1-4H3/b22-14-/t24-/m1/s1. The zero-order valence-electron chi connectivity index (χ0n) is 20.2. The first kappa shape index (κ1) is 24.1. The van der Waals surface area contributed by atoms with Crippen molar-refractivity contribution < 1.29 is 13.9 Å². The minimum Gasteiger partial charge on any atom is -0.463 e. The molecule has 4 aromatic rings. The molecule has 0 unspecified atom stereocenters. The Morgan fingerprint density at radius 1 is 1.19 bits per heavy atom. The highest BCUT2D eigenvalue weighted by Crippen LogP contribution is 2.33. The molecule has 0 saturated carbocycles. The number of carbonyl (C=O) groups excluding carboxylic acids is 1. The first-order valence-corrected chi connectivity index (χ1v) is 13.2. The molecular formula is C27H24FN3O3S2. The summed E-state index contributed by atoms with van der Waals surface area (Å²) < 4.78 is 22.9. The van der Waals surface area contributed by atoms with Crippen LogP contribution in [0.4, 0.5) is 4.39 Å². The Morgan fingerprint density at radius 3 is 2.61 bits per heavy atom. The number of hydrogen-bond donors (Lipinski definition) is 0. The van der Waals surface area contributed by atoms with E-state index in [0.717, 1.165) is 27.5 Å². The molecule has 1 aromatic carbocycles. The van der Waals surface area contributed by atoms with E-state index in [-0.39, 0.29) is 18.0 Å². The van der Waals surface area contributed by atoms with Crippen LogP contribution in [0.15, 0.2) is 68.9 Å². The number of halogens is 1. The summed E-state index contributed by atoms with van der Waals surface area (Å²) >= 11 is 2.78. The first-order chi connectivity index (χ1) is 17.3. The number of carbonyl (C=O) groups is 1. The maximum absolute atomic E-state index is 13.7. The molecule has 1 aliphatic heterocycles. The maximum atomic E-state index is 13.7. The Balaban J connectivity index is 1.67. The van der Waals surface area contributed by atoms with Crippen molar-refractivity contribution in [2.24, 2.45) is 4.99 Å². The lowest BCUT2D eigenvalue weighted by Gasteiger charge is -2.23. The Morgan fingerprint density at radius 2 is 1.94 bits per heavy atom. The van der Waals surface area contributed by atoms with Gasteiger partial charge in [-0.15, -0.1) is 11.3 Å². The van der Waals surface area contributed by atoms with Crippen molar-refractivity contribution in [1.82, 2.24) is 9.13 Å². The molecule has 0 aliphatic carbocycles. The van der Waals surface area contributed by atoms with Gasteiger partial charge in [-0.1, -0.05) is 17.4 Å². The smallest absolute Gasteiger partial charge is 0.338 e. The highest BCUT2D eigenvalue weighted by atomic mass is 32.1. The van der Waals surface area contributed by atoms with Crippen molar-refractivity contribution in [3.63, 3.8) is 0 Å². The lowest BCUT2D eigenvalue weighted by atomic mass is 10.0. The molecule has 9 heteroatoms. The van der Waals surface area contributed by atoms with Gasteiger partial charge in [0.25, 0.3) is 5.56 Å². The molecule has 0 fully saturated rings. The average Bonchev–Trinajstić information content (AvgIpc) is 3.54. The molecule has 184 valence electrons. The number of esters is 1. The van der Waals surface area contributed by atoms with Crippen molar-refractivity contribution in [1.29, 1.82) is 0 Å². The summed E-state index contributed by atoms with van der Waals surface area (Å²) in [5.74, 6) is -0.755. The van der Waals surface area contributed by atoms with Crippen molar-refractivity contribution in [2.75, 3.05) is 6.61 Å². The molecule has 1 aliphatic rings. The van der Waals surface area contributed by atoms with Crippen LogP contribution in [-0.4, -0.2) is 21.7 Å². The van der Waals surface area contributed by atoms with Gasteiger partial charge in [-0.05, 0) is 81.1 Å². The van der Waals surface area contributed by atoms with E-state index in [2.05, 4.69) is 4.99 Å². The van der Waals surface area contributed by atoms with E-state index in [1.807, 2.05) is 48.1 Å². The number of allylic oxidation sites excluding steroid dienone is 1. The summed E-state index contributed by atoms with van der Waals surface area (Å²) in [7, 11) is 0. The van der Waals surface area contributed by atoms with Crippen LogP contribution < -0.4 is 14.9 Å². The van der Waals surface area contributed by atoms with E-state index in [1.165, 1.54) is 34.8 Å². The van der Waals surface area contributed by atoms with Crippen LogP contribution in [0.1, 0.15) is 41.7 Å². The van der Waals surface area contributed by atoms with Gasteiger partial charge >= 0.3 is 5.97 Å². The maximum Gasteiger partial charge on any atom is 0.338 e. The van der Waals surface area contributed by atoms with Crippen LogP contribution in [0.5, 0.6) is 0 Å². The van der Waals surface area contributed by atoms with Crippen molar-refractivity contribution >= 4 is 34.7 Å². The fourth-order valence-corrected chi connectivity index (χ4v) is 6.43. The molecule has 0 amide bonds. The van der Waals surface area contributed by atoms with Crippen molar-refractivity contribution in [3.05, 3.63) is 106 Å². The normalized spacial score (nSPS) is 15.7. The SMILES string of the molecule is CCOC(=O)C1=C(C)N=c2s/c(=C\c3cc(C)n(-c4ccc(F)cc4)c3C)c(=O)n2[C@@H]1c1cccs1. The second kappa shape index (κ2) is 9.48. The zero-order valence-corrected chi connectivity index (χ0v) is 21.9. The monoisotopic (exact) mass is 521 g/mol. The molecule has 1 atom stereocenters. The van der Waals surface area contributed by atoms with Gasteiger partial charge in [-0.2, -0.15) is 0 Å². The summed E-state index contributed by atoms with van der Waals surface area (Å²) in [6.45, 7) is 7.71. The van der Waals surface area contributed by atoms with Gasteiger partial charge in [-0.3, -0.25) is 9.36 Å². The van der Waals surface area contributed by atoms with E-state index in [1.54, 1.807) is 30.5 Å². The van der Waals surface area contributed by atoms with Gasteiger partial charge in [0, 0.05) is 22.0 Å². The molecule has 4 heterocycles. The molecule has 0 saturated heterocycles. The van der Waals surface area contributed by atoms with Crippen LogP contribution in [0, 0.1) is 19.7 Å². The number of nitrogens with zero attached hydrogens (tertiary/aromatic N) is 3. The summed E-state index contributed by atoms with van der Waals surface area (Å²) in [6, 6.07) is 11.6. The quantitative estimate of drug-likeness (QED) is 0.366. The topological polar surface area (TPSA) is 65.6 Å². The third-order valence-corrected chi connectivity index (χ3v) is 8.08. The summed E-state index contributed by atoms with van der Waals surface area (Å²) in [5.41, 5.74) is 4.36. The average molecular weight is 522 g/mol. The number of aromatic nitrogens is 2. The molecule has 0 bridgehead atoms. The van der Waals surface area contributed by atoms with Gasteiger partial charge in [0.1, 0.15) is 11.9 Å². The molecule has 6 nitrogen and oxygen atoms in total. The zero-order chi connectivity index (χ0) is 25.6. The van der Waals surface area contributed by atoms with Crippen LogP contribution in [-0.2, 0) is 9.53 Å². The summed E-state index contributed by atoms with van der Waals surface area (Å²) in [6.07, 6.45) is 1.86. The largest absolute Gasteiger partial charge is 0.463 e. The number of aryl methyl sites for hydroxylation is 1. The predicted octanol–water partition coefficient (Wildman–Crippen LogP) is 4.41. The number of ether oxygens (including phenoxy) is 1. The third-order valence-electron chi connectivity index (χ3n) is 6.17. The summed E-state index contributed by atoms with van der Waals surface area (Å²) in [4.78, 5) is 32.7. The highest BCUT2D eigenvalue weighted by Gasteiger charge is 2.33. The van der Waals surface area contributed by atoms with E-state index in [9.17, 15) is 14.0 Å². The van der Waals surface area contributed by atoms with Gasteiger partial charge in [-0.25, -0.2) is 14.2 Å². The molecule has 5 rings (SSSR count). The molecule has 0 spiro atoms. The Bertz CT molecular complexity index is 1670. The number of rotatable bonds is 5. The lowest BCUT2D eigenvalue weighted by molar-refractivity contribution is -0.139. The van der Waals surface area contributed by atoms with E-state index < -0.39 is 12.0 Å². The van der Waals surface area contributed by atoms with Gasteiger partial charge in [0.2, 0.25) is 0 Å². The van der Waals surface area contributed by atoms with Gasteiger partial charge in [0.05, 0.1) is 22.4 Å². The van der Waals surface area contributed by atoms with Crippen LogP contribution in [0.25, 0.3) is 11.8 Å². The fourth-order valence-electron chi connectivity index (χ4n) is 4.57. The Hall–Kier alpha value is -3.56. The van der Waals surface area contributed by atoms with Crippen molar-refractivity contribution in [2.45, 2.75) is 33.7 Å². The molecule has 0 radical (unpaired) electrons. The molecule has 0 N–H and O–H groups in total. The third kappa shape index (κ3) is 4.08. The second-order valence-corrected chi connectivity index (χ2v) is 10.4. The summed E-state index contributed by atoms with van der Waals surface area (Å²) in [5, 5.41) is 1.92. The van der Waals surface area contributed by atoms with Crippen molar-refractivity contribution in [3.8, 4) is 5.69 Å². The van der Waals surface area contributed by atoms with E-state index in [4.69, 9.17) is 4.74 Å². The molecular weight excluding hydrogens is 497 g/mol. The number of hydrogen-bond acceptors (Lipinski definition) is 6. The van der Waals surface area contributed by atoms with E-state index in [0.29, 0.717) is 20.6 Å². The molecule has 3 aromatic heterocycles. The minimum absolute atomic E-state index is 0.210. The Kier molecular flexibility index (Phi) is 6.36. The Labute approximate surface area is 214 Å². The lowest BCUT2D eigenvalue weighted by Crippen LogP contribution is -2.39. The fraction of sp³-hybridized carbons (Fsp3) is 0.222. The number of thiophene rings is 1. The minimum atomic E-state index is -0.589. The second-order valence-electron chi connectivity index (χ2n) is 8.46.